The molecule has 0 saturated carbocycles. The molecule has 0 amide bonds. The molecule has 0 fully saturated rings. The Labute approximate surface area is 118 Å². The van der Waals surface area contributed by atoms with Crippen molar-refractivity contribution < 1.29 is 19.4 Å². The van der Waals surface area contributed by atoms with Crippen molar-refractivity contribution in [3.63, 3.8) is 0 Å². The van der Waals surface area contributed by atoms with Crippen molar-refractivity contribution in [3.8, 4) is 0 Å². The summed E-state index contributed by atoms with van der Waals surface area (Å²) >= 11 is 8.21. The standard InChI is InChI=1S/C10H20N2O4S2/c13-9-16-8-12(4-6-18)2-1-11(3-5-17)7-10(14)15/h9,17-18H,1-8H2,(H,14,15). The molecule has 0 bridgehead atoms. The smallest absolute Gasteiger partial charge is 0.317 e. The molecule has 0 aliphatic carbocycles. The number of hydrogen-bond donors (Lipinski definition) is 3. The second-order valence-electron chi connectivity index (χ2n) is 3.63. The third-order valence-corrected chi connectivity index (χ3v) is 2.65. The fourth-order valence-corrected chi connectivity index (χ4v) is 1.97. The van der Waals surface area contributed by atoms with Gasteiger partial charge in [-0.25, -0.2) is 0 Å². The van der Waals surface area contributed by atoms with Gasteiger partial charge in [0.1, 0.15) is 6.73 Å². The van der Waals surface area contributed by atoms with Crippen molar-refractivity contribution in [2.24, 2.45) is 0 Å². The van der Waals surface area contributed by atoms with Crippen molar-refractivity contribution in [3.05, 3.63) is 0 Å². The van der Waals surface area contributed by atoms with E-state index in [0.29, 0.717) is 44.2 Å². The quantitative estimate of drug-likeness (QED) is 0.260. The van der Waals surface area contributed by atoms with E-state index < -0.39 is 5.97 Å². The predicted molar refractivity (Wildman–Crippen MR) is 75.4 cm³/mol. The summed E-state index contributed by atoms with van der Waals surface area (Å²) in [6.45, 7) is 3.08. The monoisotopic (exact) mass is 296 g/mol. The molecule has 0 rings (SSSR count). The fraction of sp³-hybridized carbons (Fsp3) is 0.800. The minimum Gasteiger partial charge on any atom is -0.480 e. The van der Waals surface area contributed by atoms with Crippen LogP contribution in [0.25, 0.3) is 0 Å². The van der Waals surface area contributed by atoms with Crippen molar-refractivity contribution in [1.82, 2.24) is 9.80 Å². The van der Waals surface area contributed by atoms with E-state index in [1.807, 2.05) is 4.90 Å². The summed E-state index contributed by atoms with van der Waals surface area (Å²) in [5.74, 6) is 0.389. The van der Waals surface area contributed by atoms with Crippen LogP contribution >= 0.6 is 25.3 Å². The topological polar surface area (TPSA) is 70.1 Å². The lowest BCUT2D eigenvalue weighted by Gasteiger charge is -2.25. The van der Waals surface area contributed by atoms with Gasteiger partial charge < -0.3 is 9.84 Å². The Morgan fingerprint density at radius 3 is 2.17 bits per heavy atom. The van der Waals surface area contributed by atoms with E-state index in [-0.39, 0.29) is 13.3 Å². The van der Waals surface area contributed by atoms with Gasteiger partial charge in [-0.1, -0.05) is 0 Å². The van der Waals surface area contributed by atoms with Crippen molar-refractivity contribution in [2.45, 2.75) is 0 Å². The average Bonchev–Trinajstić information content (AvgIpc) is 2.32. The molecule has 0 aromatic rings. The molecule has 0 radical (unpaired) electrons. The Morgan fingerprint density at radius 1 is 1.11 bits per heavy atom. The predicted octanol–water partition coefficient (Wildman–Crippen LogP) is -0.335. The number of aliphatic carboxylic acids is 1. The highest BCUT2D eigenvalue weighted by molar-refractivity contribution is 7.80. The Morgan fingerprint density at radius 2 is 1.67 bits per heavy atom. The summed E-state index contributed by atoms with van der Waals surface area (Å²) < 4.78 is 4.68. The van der Waals surface area contributed by atoms with Gasteiger partial charge in [-0.15, -0.1) is 0 Å². The van der Waals surface area contributed by atoms with Crippen LogP contribution in [0, 0.1) is 0 Å². The van der Waals surface area contributed by atoms with E-state index in [1.54, 1.807) is 4.90 Å². The minimum atomic E-state index is -0.860. The number of carboxylic acids is 1. The van der Waals surface area contributed by atoms with Crippen LogP contribution in [0.1, 0.15) is 0 Å². The summed E-state index contributed by atoms with van der Waals surface area (Å²) in [4.78, 5) is 24.5. The Bertz CT molecular complexity index is 244. The molecule has 8 heteroatoms. The zero-order valence-corrected chi connectivity index (χ0v) is 12.0. The first-order valence-corrected chi connectivity index (χ1v) is 6.84. The van der Waals surface area contributed by atoms with Crippen LogP contribution in [0.5, 0.6) is 0 Å². The molecule has 0 heterocycles. The number of carboxylic acid groups (broad SMARTS) is 1. The maximum atomic E-state index is 10.7. The van der Waals surface area contributed by atoms with Crippen molar-refractivity contribution >= 4 is 37.7 Å². The first kappa shape index (κ1) is 17.6. The van der Waals surface area contributed by atoms with Crippen molar-refractivity contribution in [2.75, 3.05) is 51.0 Å². The number of ether oxygens (including phenoxy) is 1. The van der Waals surface area contributed by atoms with Gasteiger partial charge in [0.2, 0.25) is 0 Å². The van der Waals surface area contributed by atoms with Gasteiger partial charge >= 0.3 is 5.97 Å². The summed E-state index contributed by atoms with van der Waals surface area (Å²) in [6.07, 6.45) is 0. The fourth-order valence-electron chi connectivity index (χ4n) is 1.40. The zero-order valence-electron chi connectivity index (χ0n) is 10.2. The van der Waals surface area contributed by atoms with Crippen LogP contribution in [-0.2, 0) is 14.3 Å². The lowest BCUT2D eigenvalue weighted by Crippen LogP contribution is -2.40. The van der Waals surface area contributed by atoms with Gasteiger partial charge in [0.05, 0.1) is 6.54 Å². The molecule has 0 aromatic heterocycles. The molecule has 18 heavy (non-hydrogen) atoms. The summed E-state index contributed by atoms with van der Waals surface area (Å²) in [5, 5.41) is 8.76. The Kier molecular flexibility index (Phi) is 11.4. The van der Waals surface area contributed by atoms with Crippen LogP contribution in [0.4, 0.5) is 0 Å². The first-order chi connectivity index (χ1) is 8.63. The molecule has 106 valence electrons. The molecule has 1 N–H and O–H groups in total. The summed E-state index contributed by atoms with van der Waals surface area (Å²) in [7, 11) is 0. The molecule has 0 aromatic carbocycles. The van der Waals surface area contributed by atoms with Crippen LogP contribution in [0.3, 0.4) is 0 Å². The highest BCUT2D eigenvalue weighted by Crippen LogP contribution is 1.95. The molecular weight excluding hydrogens is 276 g/mol. The number of carbonyl (C=O) groups excluding carboxylic acids is 1. The SMILES string of the molecule is O=COCN(CCS)CCN(CCS)CC(=O)O. The maximum absolute atomic E-state index is 10.7. The summed E-state index contributed by atoms with van der Waals surface area (Å²) in [6, 6.07) is 0. The maximum Gasteiger partial charge on any atom is 0.317 e. The molecule has 0 aliphatic heterocycles. The average molecular weight is 296 g/mol. The van der Waals surface area contributed by atoms with Gasteiger partial charge in [0.25, 0.3) is 6.47 Å². The van der Waals surface area contributed by atoms with Crippen LogP contribution < -0.4 is 0 Å². The van der Waals surface area contributed by atoms with Crippen LogP contribution in [-0.4, -0.2) is 78.3 Å². The number of rotatable bonds is 12. The zero-order chi connectivity index (χ0) is 13.8. The van der Waals surface area contributed by atoms with E-state index in [0.717, 1.165) is 0 Å². The molecule has 0 atom stereocenters. The molecule has 0 spiro atoms. The molecule has 0 saturated heterocycles. The lowest BCUT2D eigenvalue weighted by molar-refractivity contribution is -0.138. The third kappa shape index (κ3) is 9.58. The largest absolute Gasteiger partial charge is 0.480 e. The first-order valence-electron chi connectivity index (χ1n) is 5.57. The highest BCUT2D eigenvalue weighted by atomic mass is 32.1. The molecule has 0 aliphatic rings. The van der Waals surface area contributed by atoms with Crippen LogP contribution in [0.15, 0.2) is 0 Å². The van der Waals surface area contributed by atoms with E-state index >= 15 is 0 Å². The highest BCUT2D eigenvalue weighted by Gasteiger charge is 2.11. The number of nitrogens with zero attached hydrogens (tertiary/aromatic N) is 2. The molecule has 0 unspecified atom stereocenters. The second-order valence-corrected chi connectivity index (χ2v) is 4.52. The van der Waals surface area contributed by atoms with E-state index in [1.165, 1.54) is 0 Å². The Balaban J connectivity index is 4.08. The van der Waals surface area contributed by atoms with E-state index in [2.05, 4.69) is 30.0 Å². The van der Waals surface area contributed by atoms with E-state index in [9.17, 15) is 9.59 Å². The molecular formula is C10H20N2O4S2. The normalized spacial score (nSPS) is 10.9. The summed E-state index contributed by atoms with van der Waals surface area (Å²) in [5.41, 5.74) is 0. The van der Waals surface area contributed by atoms with Gasteiger partial charge in [-0.3, -0.25) is 19.4 Å². The second kappa shape index (κ2) is 11.6. The minimum absolute atomic E-state index is 0.0101. The Hall–Kier alpha value is -0.440. The van der Waals surface area contributed by atoms with Crippen molar-refractivity contribution in [1.29, 1.82) is 0 Å². The molecule has 6 nitrogen and oxygen atoms in total. The van der Waals surface area contributed by atoms with Gasteiger partial charge in [-0.05, 0) is 0 Å². The third-order valence-electron chi connectivity index (χ3n) is 2.25. The van der Waals surface area contributed by atoms with Crippen LogP contribution in [0.2, 0.25) is 0 Å². The van der Waals surface area contributed by atoms with Gasteiger partial charge in [-0.2, -0.15) is 25.3 Å². The van der Waals surface area contributed by atoms with E-state index in [4.69, 9.17) is 5.11 Å². The lowest BCUT2D eigenvalue weighted by atomic mass is 10.4. The number of hydrogen-bond acceptors (Lipinski definition) is 7. The number of thiol groups is 2. The van der Waals surface area contributed by atoms with Gasteiger partial charge in [0.15, 0.2) is 0 Å². The number of carbonyl (C=O) groups is 2. The van der Waals surface area contributed by atoms with Gasteiger partial charge in [0, 0.05) is 37.7 Å².